The van der Waals surface area contributed by atoms with Gasteiger partial charge in [0.05, 0.1) is 5.54 Å². The Morgan fingerprint density at radius 3 is 2.83 bits per heavy atom. The molecule has 2 aromatic carbocycles. The zero-order chi connectivity index (χ0) is 12.8. The van der Waals surface area contributed by atoms with Crippen LogP contribution in [0.15, 0.2) is 36.4 Å². The highest BCUT2D eigenvalue weighted by molar-refractivity contribution is 5.90. The number of hydrogen-bond acceptors (Lipinski definition) is 2. The van der Waals surface area contributed by atoms with Gasteiger partial charge < -0.3 is 10.5 Å². The molecule has 1 heterocycles. The first kappa shape index (κ1) is 11.5. The number of nitrogens with two attached hydrogens (primary N) is 1. The SMILES string of the molecule is CC[C@H]1c2ccc3ccccc3c2OC[C@@]1(C)N. The molecule has 2 nitrogen and oxygen atoms in total. The van der Waals surface area contributed by atoms with Crippen molar-refractivity contribution in [2.75, 3.05) is 6.61 Å². The van der Waals surface area contributed by atoms with Gasteiger partial charge in [-0.05, 0) is 24.3 Å². The highest BCUT2D eigenvalue weighted by Crippen LogP contribution is 2.43. The maximum absolute atomic E-state index is 6.37. The van der Waals surface area contributed by atoms with Crippen molar-refractivity contribution in [1.82, 2.24) is 0 Å². The van der Waals surface area contributed by atoms with E-state index in [1.165, 1.54) is 16.3 Å². The molecule has 2 atom stereocenters. The molecule has 18 heavy (non-hydrogen) atoms. The average molecular weight is 241 g/mol. The van der Waals surface area contributed by atoms with Crippen molar-refractivity contribution >= 4 is 10.8 Å². The maximum Gasteiger partial charge on any atom is 0.130 e. The Morgan fingerprint density at radius 2 is 2.06 bits per heavy atom. The van der Waals surface area contributed by atoms with Gasteiger partial charge in [-0.2, -0.15) is 0 Å². The van der Waals surface area contributed by atoms with Crippen LogP contribution in [0.3, 0.4) is 0 Å². The molecule has 0 radical (unpaired) electrons. The van der Waals surface area contributed by atoms with E-state index in [4.69, 9.17) is 10.5 Å². The Kier molecular flexibility index (Phi) is 2.56. The predicted octanol–water partition coefficient (Wildman–Crippen LogP) is 3.44. The molecule has 0 fully saturated rings. The number of benzene rings is 2. The molecule has 1 aliphatic rings. The monoisotopic (exact) mass is 241 g/mol. The Balaban J connectivity index is 2.24. The molecule has 3 rings (SSSR count). The fraction of sp³-hybridized carbons (Fsp3) is 0.375. The fourth-order valence-electron chi connectivity index (χ4n) is 3.07. The smallest absolute Gasteiger partial charge is 0.130 e. The summed E-state index contributed by atoms with van der Waals surface area (Å²) in [6, 6.07) is 12.7. The topological polar surface area (TPSA) is 35.2 Å². The minimum absolute atomic E-state index is 0.274. The van der Waals surface area contributed by atoms with Gasteiger partial charge in [0, 0.05) is 11.3 Å². The van der Waals surface area contributed by atoms with Crippen LogP contribution in [-0.4, -0.2) is 12.1 Å². The highest BCUT2D eigenvalue weighted by atomic mass is 16.5. The molecule has 0 unspecified atom stereocenters. The fourth-order valence-corrected chi connectivity index (χ4v) is 3.07. The van der Waals surface area contributed by atoms with Crippen molar-refractivity contribution < 1.29 is 4.74 Å². The number of rotatable bonds is 1. The van der Waals surface area contributed by atoms with E-state index >= 15 is 0 Å². The number of ether oxygens (including phenoxy) is 1. The van der Waals surface area contributed by atoms with Crippen LogP contribution in [0.5, 0.6) is 5.75 Å². The summed E-state index contributed by atoms with van der Waals surface area (Å²) in [6.07, 6.45) is 1.04. The highest BCUT2D eigenvalue weighted by Gasteiger charge is 2.37. The molecule has 2 N–H and O–H groups in total. The third-order valence-corrected chi connectivity index (χ3v) is 4.02. The summed E-state index contributed by atoms with van der Waals surface area (Å²) < 4.78 is 5.96. The molecule has 0 spiro atoms. The summed E-state index contributed by atoms with van der Waals surface area (Å²) in [6.45, 7) is 4.87. The molecule has 2 heteroatoms. The molecule has 2 aromatic rings. The van der Waals surface area contributed by atoms with Crippen LogP contribution < -0.4 is 10.5 Å². The summed E-state index contributed by atoms with van der Waals surface area (Å²) in [7, 11) is 0. The second kappa shape index (κ2) is 3.99. The molecule has 0 bridgehead atoms. The van der Waals surface area contributed by atoms with Crippen molar-refractivity contribution in [3.05, 3.63) is 42.0 Å². The van der Waals surface area contributed by atoms with Crippen LogP contribution in [0, 0.1) is 0 Å². The molecule has 94 valence electrons. The van der Waals surface area contributed by atoms with E-state index < -0.39 is 0 Å². The van der Waals surface area contributed by atoms with Gasteiger partial charge in [0.25, 0.3) is 0 Å². The maximum atomic E-state index is 6.37. The minimum atomic E-state index is -0.274. The summed E-state index contributed by atoms with van der Waals surface area (Å²) in [5, 5.41) is 2.43. The van der Waals surface area contributed by atoms with E-state index in [9.17, 15) is 0 Å². The van der Waals surface area contributed by atoms with Crippen LogP contribution in [0.2, 0.25) is 0 Å². The van der Waals surface area contributed by atoms with Gasteiger partial charge in [-0.15, -0.1) is 0 Å². The van der Waals surface area contributed by atoms with Crippen molar-refractivity contribution in [2.45, 2.75) is 31.7 Å². The quantitative estimate of drug-likeness (QED) is 0.830. The van der Waals surface area contributed by atoms with Gasteiger partial charge in [-0.1, -0.05) is 43.3 Å². The van der Waals surface area contributed by atoms with Crippen LogP contribution in [0.1, 0.15) is 31.7 Å². The zero-order valence-electron chi connectivity index (χ0n) is 10.9. The summed E-state index contributed by atoms with van der Waals surface area (Å²) in [5.41, 5.74) is 7.35. The van der Waals surface area contributed by atoms with Crippen LogP contribution in [0.4, 0.5) is 0 Å². The van der Waals surface area contributed by atoms with E-state index in [2.05, 4.69) is 50.2 Å². The second-order valence-corrected chi connectivity index (χ2v) is 5.46. The number of fused-ring (bicyclic) bond motifs is 3. The van der Waals surface area contributed by atoms with Gasteiger partial charge in [-0.3, -0.25) is 0 Å². The molecular formula is C16H19NO. The third-order valence-electron chi connectivity index (χ3n) is 4.02. The van der Waals surface area contributed by atoms with E-state index in [0.29, 0.717) is 12.5 Å². The first-order valence-electron chi connectivity index (χ1n) is 6.57. The van der Waals surface area contributed by atoms with E-state index in [0.717, 1.165) is 12.2 Å². The van der Waals surface area contributed by atoms with Gasteiger partial charge in [-0.25, -0.2) is 0 Å². The van der Waals surface area contributed by atoms with Crippen LogP contribution in [-0.2, 0) is 0 Å². The first-order valence-corrected chi connectivity index (χ1v) is 6.57. The second-order valence-electron chi connectivity index (χ2n) is 5.46. The van der Waals surface area contributed by atoms with E-state index in [1.54, 1.807) is 0 Å². The minimum Gasteiger partial charge on any atom is -0.491 e. The molecule has 0 saturated carbocycles. The zero-order valence-corrected chi connectivity index (χ0v) is 10.9. The Bertz CT molecular complexity index is 589. The molecule has 0 saturated heterocycles. The molecule has 0 amide bonds. The molecule has 0 aliphatic carbocycles. The van der Waals surface area contributed by atoms with Crippen molar-refractivity contribution in [1.29, 1.82) is 0 Å². The van der Waals surface area contributed by atoms with Crippen LogP contribution >= 0.6 is 0 Å². The lowest BCUT2D eigenvalue weighted by molar-refractivity contribution is 0.173. The van der Waals surface area contributed by atoms with Gasteiger partial charge in [0.1, 0.15) is 12.4 Å². The average Bonchev–Trinajstić information content (AvgIpc) is 2.37. The van der Waals surface area contributed by atoms with Gasteiger partial charge in [0.2, 0.25) is 0 Å². The van der Waals surface area contributed by atoms with Gasteiger partial charge >= 0.3 is 0 Å². The molecule has 0 aromatic heterocycles. The van der Waals surface area contributed by atoms with Crippen molar-refractivity contribution in [2.24, 2.45) is 5.73 Å². The molecule has 1 aliphatic heterocycles. The van der Waals surface area contributed by atoms with Crippen molar-refractivity contribution in [3.63, 3.8) is 0 Å². The third kappa shape index (κ3) is 1.60. The Labute approximate surface area is 108 Å². The van der Waals surface area contributed by atoms with Crippen LogP contribution in [0.25, 0.3) is 10.8 Å². The summed E-state index contributed by atoms with van der Waals surface area (Å²) >= 11 is 0. The lowest BCUT2D eigenvalue weighted by Crippen LogP contribution is -2.50. The molecular weight excluding hydrogens is 222 g/mol. The Morgan fingerprint density at radius 1 is 1.28 bits per heavy atom. The summed E-state index contributed by atoms with van der Waals surface area (Å²) in [5.74, 6) is 1.40. The standard InChI is InChI=1S/C16H19NO/c1-3-14-13-9-8-11-6-4-5-7-12(11)15(13)18-10-16(14,2)17/h4-9,14H,3,10,17H2,1-2H3/t14-,16+/m0/s1. The summed E-state index contributed by atoms with van der Waals surface area (Å²) in [4.78, 5) is 0. The predicted molar refractivity (Wildman–Crippen MR) is 75.1 cm³/mol. The first-order chi connectivity index (χ1) is 8.63. The van der Waals surface area contributed by atoms with E-state index in [-0.39, 0.29) is 5.54 Å². The lowest BCUT2D eigenvalue weighted by Gasteiger charge is -2.39. The van der Waals surface area contributed by atoms with Crippen molar-refractivity contribution in [3.8, 4) is 5.75 Å². The normalized spacial score (nSPS) is 26.7. The van der Waals surface area contributed by atoms with E-state index in [1.807, 2.05) is 0 Å². The lowest BCUT2D eigenvalue weighted by atomic mass is 9.77. The Hall–Kier alpha value is -1.54. The largest absolute Gasteiger partial charge is 0.491 e. The van der Waals surface area contributed by atoms with Gasteiger partial charge in [0.15, 0.2) is 0 Å². The number of hydrogen-bond donors (Lipinski definition) is 1.